The van der Waals surface area contributed by atoms with Gasteiger partial charge in [-0.1, -0.05) is 68.2 Å². The lowest BCUT2D eigenvalue weighted by atomic mass is 9.71. The molecule has 2 aromatic carbocycles. The Hall–Kier alpha value is -3.66. The largest absolute Gasteiger partial charge is 0.493 e. The summed E-state index contributed by atoms with van der Waals surface area (Å²) in [7, 11) is 0. The number of ether oxygens (including phenoxy) is 2. The van der Waals surface area contributed by atoms with E-state index in [0.29, 0.717) is 66.3 Å². The second-order valence-corrected chi connectivity index (χ2v) is 14.9. The van der Waals surface area contributed by atoms with Crippen molar-refractivity contribution in [3.05, 3.63) is 93.2 Å². The van der Waals surface area contributed by atoms with Crippen molar-refractivity contribution in [3.8, 4) is 5.75 Å². The summed E-state index contributed by atoms with van der Waals surface area (Å²) in [5.41, 5.74) is 0.972. The van der Waals surface area contributed by atoms with Gasteiger partial charge in [-0.2, -0.15) is 0 Å². The predicted molar refractivity (Wildman–Crippen MR) is 195 cm³/mol. The molecule has 1 aromatic heterocycles. The van der Waals surface area contributed by atoms with Crippen LogP contribution in [0.2, 0.25) is 10.0 Å². The van der Waals surface area contributed by atoms with E-state index in [1.165, 1.54) is 0 Å². The number of urea groups is 1. The number of hydrogen-bond donors (Lipinski definition) is 1. The fraction of sp³-hybridized carbons (Fsp3) is 0.474. The molecule has 49 heavy (non-hydrogen) atoms. The molecule has 3 heterocycles. The first-order valence-corrected chi connectivity index (χ1v) is 17.7. The summed E-state index contributed by atoms with van der Waals surface area (Å²) in [5, 5.41) is 4.53. The fourth-order valence-corrected chi connectivity index (χ4v) is 6.99. The van der Waals surface area contributed by atoms with Crippen LogP contribution in [0.15, 0.2) is 65.8 Å². The Kier molecular flexibility index (Phi) is 11.0. The quantitative estimate of drug-likeness (QED) is 0.229. The number of amidine groups is 1. The molecule has 0 saturated carbocycles. The zero-order valence-electron chi connectivity index (χ0n) is 29.5. The first-order chi connectivity index (χ1) is 23.2. The maximum Gasteiger partial charge on any atom is 0.324 e. The molecular weight excluding hydrogens is 661 g/mol. The lowest BCUT2D eigenvalue weighted by molar-refractivity contribution is -0.144. The van der Waals surface area contributed by atoms with Crippen LogP contribution in [0.4, 0.5) is 4.79 Å². The molecule has 0 spiro atoms. The second kappa shape index (κ2) is 14.7. The number of nitrogens with zero attached hydrogens (tertiary/aromatic N) is 4. The van der Waals surface area contributed by atoms with Gasteiger partial charge in [-0.05, 0) is 75.9 Å². The van der Waals surface area contributed by atoms with Gasteiger partial charge < -0.3 is 14.8 Å². The van der Waals surface area contributed by atoms with Crippen LogP contribution in [-0.2, 0) is 26.0 Å². The molecule has 0 unspecified atom stereocenters. The SMILES string of the molecule is CCOC(=O)CN1CCC(NC(=O)N2C(c3cnc(C(C)(C)C)cc3OCC)=N[C@@](C)(c3ccc(Cl)cc3)[C@@]2(C)c2ccc(Cl)cc2)CC1. The molecule has 5 rings (SSSR count). The third kappa shape index (κ3) is 7.44. The van der Waals surface area contributed by atoms with Crippen molar-refractivity contribution in [2.24, 2.45) is 4.99 Å². The highest BCUT2D eigenvalue weighted by Crippen LogP contribution is 2.53. The van der Waals surface area contributed by atoms with E-state index in [4.69, 9.17) is 42.7 Å². The molecule has 11 heteroatoms. The molecule has 1 N–H and O–H groups in total. The number of halogens is 2. The summed E-state index contributed by atoms with van der Waals surface area (Å²) in [5.74, 6) is 0.813. The van der Waals surface area contributed by atoms with E-state index in [-0.39, 0.29) is 30.0 Å². The van der Waals surface area contributed by atoms with Gasteiger partial charge in [0, 0.05) is 52.5 Å². The topological polar surface area (TPSA) is 96.4 Å². The normalized spacial score (nSPS) is 21.7. The molecule has 1 fully saturated rings. The van der Waals surface area contributed by atoms with Crippen LogP contribution in [-0.4, -0.2) is 71.5 Å². The number of pyridine rings is 1. The van der Waals surface area contributed by atoms with Gasteiger partial charge in [-0.3, -0.25) is 24.6 Å². The van der Waals surface area contributed by atoms with E-state index in [2.05, 4.69) is 31.0 Å². The van der Waals surface area contributed by atoms with Crippen LogP contribution in [0.25, 0.3) is 0 Å². The number of rotatable bonds is 9. The molecule has 0 radical (unpaired) electrons. The summed E-state index contributed by atoms with van der Waals surface area (Å²) < 4.78 is 11.4. The van der Waals surface area contributed by atoms with Crippen LogP contribution in [0.5, 0.6) is 5.75 Å². The Morgan fingerprint density at radius 3 is 2.08 bits per heavy atom. The van der Waals surface area contributed by atoms with Gasteiger partial charge in [0.2, 0.25) is 0 Å². The molecule has 2 atom stereocenters. The Bertz CT molecular complexity index is 1680. The number of benzene rings is 2. The zero-order valence-corrected chi connectivity index (χ0v) is 31.0. The smallest absolute Gasteiger partial charge is 0.324 e. The molecule has 0 bridgehead atoms. The van der Waals surface area contributed by atoms with Crippen LogP contribution < -0.4 is 10.1 Å². The lowest BCUT2D eigenvalue weighted by Gasteiger charge is -2.46. The van der Waals surface area contributed by atoms with Crippen molar-refractivity contribution in [1.82, 2.24) is 20.1 Å². The van der Waals surface area contributed by atoms with E-state index in [1.54, 1.807) is 18.0 Å². The van der Waals surface area contributed by atoms with Gasteiger partial charge in [0.25, 0.3) is 0 Å². The summed E-state index contributed by atoms with van der Waals surface area (Å²) >= 11 is 12.8. The van der Waals surface area contributed by atoms with E-state index >= 15 is 0 Å². The average molecular weight is 709 g/mol. The standard InChI is InChI=1S/C38H47Cl2N5O4/c1-8-48-31-22-32(36(3,4)5)41-23-30(31)34-43-37(6,25-10-14-27(39)15-11-25)38(7,26-12-16-28(40)17-13-26)45(34)35(47)42-29-18-20-44(21-19-29)24-33(46)49-9-2/h10-17,22-23,29H,8-9,18-21,24H2,1-7H3,(H,42,47)/t37-,38+/m0/s1. The van der Waals surface area contributed by atoms with Gasteiger partial charge in [-0.15, -0.1) is 0 Å². The maximum absolute atomic E-state index is 14.9. The van der Waals surface area contributed by atoms with Crippen molar-refractivity contribution in [3.63, 3.8) is 0 Å². The van der Waals surface area contributed by atoms with Crippen LogP contribution in [0.1, 0.15) is 83.7 Å². The van der Waals surface area contributed by atoms with Crippen molar-refractivity contribution < 1.29 is 19.1 Å². The molecule has 262 valence electrons. The number of aliphatic imine (C=N–C) groups is 1. The molecule has 2 aliphatic rings. The van der Waals surface area contributed by atoms with Crippen molar-refractivity contribution in [2.45, 2.75) is 83.8 Å². The van der Waals surface area contributed by atoms with Gasteiger partial charge in [0.1, 0.15) is 22.7 Å². The number of esters is 1. The Morgan fingerprint density at radius 2 is 1.53 bits per heavy atom. The number of likely N-dealkylation sites (tertiary alicyclic amines) is 1. The Morgan fingerprint density at radius 1 is 0.939 bits per heavy atom. The third-order valence-corrected chi connectivity index (χ3v) is 10.2. The van der Waals surface area contributed by atoms with E-state index in [0.717, 1.165) is 16.8 Å². The second-order valence-electron chi connectivity index (χ2n) is 14.0. The highest BCUT2D eigenvalue weighted by atomic mass is 35.5. The van der Waals surface area contributed by atoms with Crippen molar-refractivity contribution in [1.29, 1.82) is 0 Å². The van der Waals surface area contributed by atoms with E-state index in [9.17, 15) is 9.59 Å². The number of carbonyl (C=O) groups is 2. The van der Waals surface area contributed by atoms with E-state index < -0.39 is 11.1 Å². The van der Waals surface area contributed by atoms with Crippen LogP contribution in [0, 0.1) is 0 Å². The fourth-order valence-electron chi connectivity index (χ4n) is 6.74. The number of aromatic nitrogens is 1. The van der Waals surface area contributed by atoms with Crippen molar-refractivity contribution >= 4 is 41.0 Å². The number of piperidine rings is 1. The predicted octanol–water partition coefficient (Wildman–Crippen LogP) is 7.71. The monoisotopic (exact) mass is 707 g/mol. The van der Waals surface area contributed by atoms with Gasteiger partial charge in [0.15, 0.2) is 0 Å². The summed E-state index contributed by atoms with van der Waals surface area (Å²) in [6.07, 6.45) is 3.14. The molecule has 1 saturated heterocycles. The van der Waals surface area contributed by atoms with Crippen LogP contribution >= 0.6 is 23.2 Å². The highest BCUT2D eigenvalue weighted by molar-refractivity contribution is 6.30. The first-order valence-electron chi connectivity index (χ1n) is 17.0. The summed E-state index contributed by atoms with van der Waals surface area (Å²) in [4.78, 5) is 41.2. The van der Waals surface area contributed by atoms with E-state index in [1.807, 2.05) is 75.4 Å². The van der Waals surface area contributed by atoms with Gasteiger partial charge in [-0.25, -0.2) is 4.79 Å². The minimum atomic E-state index is -1.04. The molecule has 3 aromatic rings. The Labute approximate surface area is 300 Å². The maximum atomic E-state index is 14.9. The lowest BCUT2D eigenvalue weighted by Crippen LogP contribution is -2.59. The Balaban J connectivity index is 1.63. The molecule has 9 nitrogen and oxygen atoms in total. The number of carbonyl (C=O) groups excluding carboxylic acids is 2. The summed E-state index contributed by atoms with van der Waals surface area (Å²) in [6, 6.07) is 16.7. The number of nitrogens with one attached hydrogen (secondary N) is 1. The average Bonchev–Trinajstić information content (AvgIpc) is 3.30. The number of hydrogen-bond acceptors (Lipinski definition) is 7. The summed E-state index contributed by atoms with van der Waals surface area (Å²) in [6.45, 7) is 16.5. The molecular formula is C38H47Cl2N5O4. The zero-order chi connectivity index (χ0) is 35.6. The third-order valence-electron chi connectivity index (χ3n) is 9.70. The highest BCUT2D eigenvalue weighted by Gasteiger charge is 2.60. The minimum Gasteiger partial charge on any atom is -0.493 e. The van der Waals surface area contributed by atoms with Gasteiger partial charge in [0.05, 0.1) is 25.3 Å². The molecule has 2 amide bonds. The first kappa shape index (κ1) is 36.6. The molecule has 0 aliphatic carbocycles. The number of amides is 2. The molecule has 2 aliphatic heterocycles. The van der Waals surface area contributed by atoms with Gasteiger partial charge >= 0.3 is 12.0 Å². The minimum absolute atomic E-state index is 0.114. The van der Waals surface area contributed by atoms with Crippen molar-refractivity contribution in [2.75, 3.05) is 32.8 Å². The van der Waals surface area contributed by atoms with Crippen LogP contribution in [0.3, 0.4) is 0 Å².